The third-order valence-electron chi connectivity index (χ3n) is 2.36. The quantitative estimate of drug-likeness (QED) is 0.797. The van der Waals surface area contributed by atoms with Crippen molar-refractivity contribution in [1.29, 1.82) is 0 Å². The van der Waals surface area contributed by atoms with Crippen LogP contribution in [0.2, 0.25) is 5.02 Å². The van der Waals surface area contributed by atoms with Crippen molar-refractivity contribution in [2.45, 2.75) is 19.8 Å². The molecule has 0 heterocycles. The fourth-order valence-corrected chi connectivity index (χ4v) is 1.76. The molecule has 0 fully saturated rings. The molecule has 1 aromatic rings. The van der Waals surface area contributed by atoms with Crippen LogP contribution in [0.4, 0.5) is 0 Å². The van der Waals surface area contributed by atoms with Gasteiger partial charge in [-0.3, -0.25) is 4.79 Å². The van der Waals surface area contributed by atoms with Gasteiger partial charge in [-0.2, -0.15) is 0 Å². The van der Waals surface area contributed by atoms with E-state index in [-0.39, 0.29) is 29.6 Å². The summed E-state index contributed by atoms with van der Waals surface area (Å²) in [5.74, 6) is 0.00360. The normalized spacial score (nSPS) is 10.8. The van der Waals surface area contributed by atoms with Crippen LogP contribution in [0, 0.1) is 0 Å². The van der Waals surface area contributed by atoms with Crippen molar-refractivity contribution in [2.24, 2.45) is 0 Å². The molecule has 88 valence electrons. The van der Waals surface area contributed by atoms with Gasteiger partial charge >= 0.3 is 0 Å². The number of phenolic OH excluding ortho intramolecular Hbond substituents is 1. The van der Waals surface area contributed by atoms with E-state index in [2.05, 4.69) is 5.32 Å². The topological polar surface area (TPSA) is 49.3 Å². The van der Waals surface area contributed by atoms with E-state index in [0.29, 0.717) is 10.6 Å². The van der Waals surface area contributed by atoms with Crippen molar-refractivity contribution in [2.75, 3.05) is 13.6 Å². The number of hydrogen-bond acceptors (Lipinski definition) is 3. The maximum atomic E-state index is 11.7. The molecule has 0 aliphatic rings. The first-order valence-corrected chi connectivity index (χ1v) is 5.55. The zero-order chi connectivity index (χ0) is 12.3. The lowest BCUT2D eigenvalue weighted by atomic mass is 9.97. The summed E-state index contributed by atoms with van der Waals surface area (Å²) >= 11 is 5.93. The van der Waals surface area contributed by atoms with Crippen molar-refractivity contribution < 1.29 is 9.90 Å². The molecular formula is C12H16ClNO2. The van der Waals surface area contributed by atoms with Crippen LogP contribution in [0.5, 0.6) is 5.75 Å². The molecule has 0 amide bonds. The molecule has 2 N–H and O–H groups in total. The van der Waals surface area contributed by atoms with Gasteiger partial charge in [0.15, 0.2) is 5.78 Å². The summed E-state index contributed by atoms with van der Waals surface area (Å²) in [5, 5.41) is 13.2. The van der Waals surface area contributed by atoms with Crippen molar-refractivity contribution in [3.63, 3.8) is 0 Å². The van der Waals surface area contributed by atoms with Gasteiger partial charge in [0.2, 0.25) is 0 Å². The summed E-state index contributed by atoms with van der Waals surface area (Å²) < 4.78 is 0. The van der Waals surface area contributed by atoms with Gasteiger partial charge in [0, 0.05) is 5.02 Å². The fraction of sp³-hybridized carbons (Fsp3) is 0.417. The highest BCUT2D eigenvalue weighted by atomic mass is 35.5. The minimum atomic E-state index is -0.163. The van der Waals surface area contributed by atoms with Gasteiger partial charge in [0.25, 0.3) is 0 Å². The number of aromatic hydroxyl groups is 1. The Labute approximate surface area is 100 Å². The van der Waals surface area contributed by atoms with E-state index in [1.165, 1.54) is 6.07 Å². The minimum Gasteiger partial charge on any atom is -0.507 e. The Morgan fingerprint density at radius 2 is 2.12 bits per heavy atom. The number of phenols is 1. The van der Waals surface area contributed by atoms with Crippen LogP contribution in [0.1, 0.15) is 35.7 Å². The predicted octanol–water partition coefficient (Wildman–Crippen LogP) is 2.57. The predicted molar refractivity (Wildman–Crippen MR) is 65.5 cm³/mol. The second kappa shape index (κ2) is 5.32. The summed E-state index contributed by atoms with van der Waals surface area (Å²) in [5.41, 5.74) is 0.984. The second-order valence-corrected chi connectivity index (χ2v) is 4.44. The Bertz CT molecular complexity index is 402. The molecule has 4 heteroatoms. The molecule has 0 aliphatic heterocycles. The van der Waals surface area contributed by atoms with Gasteiger partial charge in [-0.25, -0.2) is 0 Å². The van der Waals surface area contributed by atoms with E-state index in [9.17, 15) is 9.90 Å². The molecular weight excluding hydrogens is 226 g/mol. The SMILES string of the molecule is CNCC(=O)c1cc(Cl)cc(C(C)C)c1O. The van der Waals surface area contributed by atoms with E-state index in [4.69, 9.17) is 11.6 Å². The third kappa shape index (κ3) is 2.74. The lowest BCUT2D eigenvalue weighted by Crippen LogP contribution is -2.19. The number of hydrogen-bond donors (Lipinski definition) is 2. The monoisotopic (exact) mass is 241 g/mol. The standard InChI is InChI=1S/C12H16ClNO2/c1-7(2)9-4-8(13)5-10(12(9)16)11(15)6-14-3/h4-5,7,14,16H,6H2,1-3H3. The minimum absolute atomic E-state index is 0.0413. The molecule has 1 rings (SSSR count). The van der Waals surface area contributed by atoms with E-state index < -0.39 is 0 Å². The molecule has 0 saturated heterocycles. The van der Waals surface area contributed by atoms with Crippen LogP contribution in [0.25, 0.3) is 0 Å². The summed E-state index contributed by atoms with van der Waals surface area (Å²) in [6, 6.07) is 3.19. The molecule has 1 aromatic carbocycles. The van der Waals surface area contributed by atoms with Gasteiger partial charge in [-0.1, -0.05) is 25.4 Å². The number of likely N-dealkylation sites (N-methyl/N-ethyl adjacent to an activating group) is 1. The number of halogens is 1. The largest absolute Gasteiger partial charge is 0.507 e. The lowest BCUT2D eigenvalue weighted by molar-refractivity contribution is 0.0991. The Kier molecular flexibility index (Phi) is 4.33. The second-order valence-electron chi connectivity index (χ2n) is 4.00. The summed E-state index contributed by atoms with van der Waals surface area (Å²) in [7, 11) is 1.68. The van der Waals surface area contributed by atoms with Gasteiger partial charge < -0.3 is 10.4 Å². The van der Waals surface area contributed by atoms with E-state index in [0.717, 1.165) is 0 Å². The van der Waals surface area contributed by atoms with Gasteiger partial charge in [0.05, 0.1) is 12.1 Å². The van der Waals surface area contributed by atoms with Crippen molar-refractivity contribution in [3.8, 4) is 5.75 Å². The highest BCUT2D eigenvalue weighted by Gasteiger charge is 2.16. The number of ketones is 1. The number of carbonyl (C=O) groups is 1. The maximum absolute atomic E-state index is 11.7. The van der Waals surface area contributed by atoms with E-state index in [1.54, 1.807) is 13.1 Å². The van der Waals surface area contributed by atoms with Gasteiger partial charge in [-0.15, -0.1) is 0 Å². The summed E-state index contributed by atoms with van der Waals surface area (Å²) in [4.78, 5) is 11.7. The molecule has 0 atom stereocenters. The molecule has 0 unspecified atom stereocenters. The molecule has 0 radical (unpaired) electrons. The Balaban J connectivity index is 3.24. The number of carbonyl (C=O) groups excluding carboxylic acids is 1. The Morgan fingerprint density at radius 3 is 2.62 bits per heavy atom. The van der Waals surface area contributed by atoms with Crippen LogP contribution < -0.4 is 5.32 Å². The molecule has 0 aromatic heterocycles. The molecule has 3 nitrogen and oxygen atoms in total. The van der Waals surface area contributed by atoms with Crippen LogP contribution in [0.3, 0.4) is 0 Å². The third-order valence-corrected chi connectivity index (χ3v) is 2.58. The lowest BCUT2D eigenvalue weighted by Gasteiger charge is -2.12. The number of Topliss-reactive ketones (excluding diaryl/α,β-unsaturated/α-hetero) is 1. The first kappa shape index (κ1) is 13.0. The first-order chi connectivity index (χ1) is 7.47. The van der Waals surface area contributed by atoms with Crippen molar-refractivity contribution in [1.82, 2.24) is 5.32 Å². The molecule has 0 bridgehead atoms. The average Bonchev–Trinajstić information content (AvgIpc) is 2.20. The van der Waals surface area contributed by atoms with E-state index in [1.807, 2.05) is 13.8 Å². The van der Waals surface area contributed by atoms with Gasteiger partial charge in [-0.05, 0) is 30.7 Å². The highest BCUT2D eigenvalue weighted by molar-refractivity contribution is 6.31. The zero-order valence-electron chi connectivity index (χ0n) is 9.67. The summed E-state index contributed by atoms with van der Waals surface area (Å²) in [6.07, 6.45) is 0. The smallest absolute Gasteiger partial charge is 0.180 e. The fourth-order valence-electron chi connectivity index (χ4n) is 1.53. The van der Waals surface area contributed by atoms with Crippen LogP contribution in [-0.2, 0) is 0 Å². The average molecular weight is 242 g/mol. The molecule has 0 saturated carbocycles. The van der Waals surface area contributed by atoms with Crippen LogP contribution >= 0.6 is 11.6 Å². The number of rotatable bonds is 4. The van der Waals surface area contributed by atoms with Crippen molar-refractivity contribution >= 4 is 17.4 Å². The summed E-state index contributed by atoms with van der Waals surface area (Å²) in [6.45, 7) is 4.07. The van der Waals surface area contributed by atoms with Crippen LogP contribution in [-0.4, -0.2) is 24.5 Å². The number of benzene rings is 1. The first-order valence-electron chi connectivity index (χ1n) is 5.17. The zero-order valence-corrected chi connectivity index (χ0v) is 10.4. The molecule has 16 heavy (non-hydrogen) atoms. The molecule has 0 aliphatic carbocycles. The molecule has 0 spiro atoms. The highest BCUT2D eigenvalue weighted by Crippen LogP contribution is 2.32. The Morgan fingerprint density at radius 1 is 1.50 bits per heavy atom. The van der Waals surface area contributed by atoms with Crippen molar-refractivity contribution in [3.05, 3.63) is 28.3 Å². The number of nitrogens with one attached hydrogen (secondary N) is 1. The van der Waals surface area contributed by atoms with Gasteiger partial charge in [0.1, 0.15) is 5.75 Å². The Hall–Kier alpha value is -1.06. The maximum Gasteiger partial charge on any atom is 0.180 e. The van der Waals surface area contributed by atoms with E-state index >= 15 is 0 Å². The van der Waals surface area contributed by atoms with Crippen LogP contribution in [0.15, 0.2) is 12.1 Å².